The van der Waals surface area contributed by atoms with Crippen LogP contribution in [0.2, 0.25) is 0 Å². The van der Waals surface area contributed by atoms with Crippen molar-refractivity contribution in [3.8, 4) is 5.75 Å². The molecule has 3 nitrogen and oxygen atoms in total. The third-order valence-corrected chi connectivity index (χ3v) is 3.18. The first-order valence-electron chi connectivity index (χ1n) is 6.30. The lowest BCUT2D eigenvalue weighted by Gasteiger charge is -2.22. The van der Waals surface area contributed by atoms with E-state index >= 15 is 0 Å². The van der Waals surface area contributed by atoms with E-state index < -0.39 is 0 Å². The van der Waals surface area contributed by atoms with Crippen LogP contribution in [0.15, 0.2) is 24.3 Å². The topological polar surface area (TPSA) is 30.5 Å². The molecule has 1 atom stereocenters. The maximum Gasteiger partial charge on any atom is 0.118 e. The summed E-state index contributed by atoms with van der Waals surface area (Å²) in [6, 6.07) is 8.05. The highest BCUT2D eigenvalue weighted by Gasteiger charge is 2.12. The van der Waals surface area contributed by atoms with E-state index in [9.17, 15) is 0 Å². The second-order valence-electron chi connectivity index (χ2n) is 4.58. The quantitative estimate of drug-likeness (QED) is 0.848. The lowest BCUT2D eigenvalue weighted by Crippen LogP contribution is -2.32. The zero-order valence-corrected chi connectivity index (χ0v) is 10.4. The molecule has 1 aliphatic heterocycles. The third kappa shape index (κ3) is 4.02. The minimum Gasteiger partial charge on any atom is -0.497 e. The highest BCUT2D eigenvalue weighted by molar-refractivity contribution is 5.26. The van der Waals surface area contributed by atoms with E-state index in [0.29, 0.717) is 12.5 Å². The van der Waals surface area contributed by atoms with Crippen molar-refractivity contribution < 1.29 is 9.47 Å². The van der Waals surface area contributed by atoms with Crippen LogP contribution in [0, 0.1) is 5.92 Å². The van der Waals surface area contributed by atoms with E-state index in [1.54, 1.807) is 7.11 Å². The first-order valence-corrected chi connectivity index (χ1v) is 6.30. The Labute approximate surface area is 103 Å². The molecule has 2 rings (SSSR count). The Hall–Kier alpha value is -1.06. The van der Waals surface area contributed by atoms with Gasteiger partial charge in [0.2, 0.25) is 0 Å². The van der Waals surface area contributed by atoms with Gasteiger partial charge in [0, 0.05) is 6.54 Å². The Morgan fingerprint density at radius 1 is 1.29 bits per heavy atom. The van der Waals surface area contributed by atoms with Crippen LogP contribution in [0.3, 0.4) is 0 Å². The fourth-order valence-corrected chi connectivity index (χ4v) is 2.13. The lowest BCUT2D eigenvalue weighted by molar-refractivity contribution is 0.0783. The predicted octanol–water partition coefficient (Wildman–Crippen LogP) is 2.21. The van der Waals surface area contributed by atoms with E-state index in [0.717, 1.165) is 25.4 Å². The van der Waals surface area contributed by atoms with Crippen molar-refractivity contribution >= 4 is 0 Å². The summed E-state index contributed by atoms with van der Waals surface area (Å²) in [5.41, 5.74) is 1.20. The zero-order valence-electron chi connectivity index (χ0n) is 10.4. The Morgan fingerprint density at radius 3 is 2.76 bits per heavy atom. The maximum absolute atomic E-state index is 5.75. The average Bonchev–Trinajstić information content (AvgIpc) is 2.41. The number of hydrogen-bond acceptors (Lipinski definition) is 3. The minimum absolute atomic E-state index is 0.682. The van der Waals surface area contributed by atoms with Gasteiger partial charge < -0.3 is 14.8 Å². The summed E-state index contributed by atoms with van der Waals surface area (Å²) in [5.74, 6) is 1.58. The summed E-state index contributed by atoms with van der Waals surface area (Å²) < 4.78 is 10.9. The molecule has 1 aliphatic rings. The molecule has 0 bridgehead atoms. The van der Waals surface area contributed by atoms with Crippen molar-refractivity contribution in [2.45, 2.75) is 19.4 Å². The first kappa shape index (κ1) is 12.4. The number of hydrogen-bond donors (Lipinski definition) is 1. The molecule has 0 amide bonds. The molecule has 17 heavy (non-hydrogen) atoms. The van der Waals surface area contributed by atoms with Crippen LogP contribution in [0.4, 0.5) is 0 Å². The van der Waals surface area contributed by atoms with Crippen LogP contribution in [-0.2, 0) is 11.3 Å². The highest BCUT2D eigenvalue weighted by Crippen LogP contribution is 2.14. The maximum atomic E-state index is 5.75. The fraction of sp³-hybridized carbons (Fsp3) is 0.571. The van der Waals surface area contributed by atoms with Gasteiger partial charge >= 0.3 is 0 Å². The van der Waals surface area contributed by atoms with Gasteiger partial charge in [-0.3, -0.25) is 0 Å². The summed E-state index contributed by atoms with van der Waals surface area (Å²) in [6.07, 6.45) is 2.56. The van der Waals surface area contributed by atoms with Crippen molar-refractivity contribution in [3.05, 3.63) is 29.8 Å². The summed E-state index contributed by atoms with van der Waals surface area (Å²) in [4.78, 5) is 0. The van der Waals surface area contributed by atoms with Crippen LogP contribution in [-0.4, -0.2) is 26.8 Å². The predicted molar refractivity (Wildman–Crippen MR) is 68.2 cm³/mol. The molecule has 1 N–H and O–H groups in total. The Balaban J connectivity index is 1.69. The van der Waals surface area contributed by atoms with Gasteiger partial charge in [-0.25, -0.2) is 0 Å². The van der Waals surface area contributed by atoms with Crippen molar-refractivity contribution in [3.63, 3.8) is 0 Å². The number of ether oxygens (including phenoxy) is 2. The highest BCUT2D eigenvalue weighted by atomic mass is 16.5. The van der Waals surface area contributed by atoms with Crippen LogP contribution in [0.25, 0.3) is 0 Å². The molecule has 1 saturated heterocycles. The average molecular weight is 235 g/mol. The van der Waals surface area contributed by atoms with E-state index in [4.69, 9.17) is 9.47 Å². The molecule has 0 aromatic heterocycles. The molecule has 94 valence electrons. The van der Waals surface area contributed by atoms with Gasteiger partial charge in [-0.2, -0.15) is 0 Å². The monoisotopic (exact) mass is 235 g/mol. The smallest absolute Gasteiger partial charge is 0.118 e. The second kappa shape index (κ2) is 6.62. The molecule has 3 heteroatoms. The molecule has 0 saturated carbocycles. The summed E-state index contributed by atoms with van der Waals surface area (Å²) in [7, 11) is 1.68. The molecule has 1 aromatic rings. The fourth-order valence-electron chi connectivity index (χ4n) is 2.13. The lowest BCUT2D eigenvalue weighted by atomic mass is 10.0. The van der Waals surface area contributed by atoms with Crippen LogP contribution >= 0.6 is 0 Å². The number of nitrogens with one attached hydrogen (secondary N) is 1. The molecule has 0 radical (unpaired) electrons. The van der Waals surface area contributed by atoms with Gasteiger partial charge in [-0.1, -0.05) is 12.1 Å². The standard InChI is InChI=1S/C14H21NO2/c1-16-14-6-4-12(5-7-14)10-17-11-13-3-2-8-15-9-13/h4-7,13,15H,2-3,8-11H2,1H3/t13-/m0/s1. The van der Waals surface area contributed by atoms with Crippen molar-refractivity contribution in [1.82, 2.24) is 5.32 Å². The number of piperidine rings is 1. The van der Waals surface area contributed by atoms with Crippen LogP contribution in [0.5, 0.6) is 5.75 Å². The normalized spacial score (nSPS) is 20.2. The molecule has 1 heterocycles. The minimum atomic E-state index is 0.682. The first-order chi connectivity index (χ1) is 8.38. The molecular weight excluding hydrogens is 214 g/mol. The largest absolute Gasteiger partial charge is 0.497 e. The molecule has 0 aliphatic carbocycles. The second-order valence-corrected chi connectivity index (χ2v) is 4.58. The van der Waals surface area contributed by atoms with Gasteiger partial charge in [0.1, 0.15) is 5.75 Å². The third-order valence-electron chi connectivity index (χ3n) is 3.18. The van der Waals surface area contributed by atoms with Crippen molar-refractivity contribution in [1.29, 1.82) is 0 Å². The molecule has 1 aromatic carbocycles. The van der Waals surface area contributed by atoms with Gasteiger partial charge in [-0.05, 0) is 43.0 Å². The SMILES string of the molecule is COc1ccc(COC[C@H]2CCCNC2)cc1. The van der Waals surface area contributed by atoms with Gasteiger partial charge in [0.15, 0.2) is 0 Å². The van der Waals surface area contributed by atoms with Crippen LogP contribution < -0.4 is 10.1 Å². The van der Waals surface area contributed by atoms with Crippen molar-refractivity contribution in [2.24, 2.45) is 5.92 Å². The van der Waals surface area contributed by atoms with Gasteiger partial charge in [-0.15, -0.1) is 0 Å². The number of benzene rings is 1. The van der Waals surface area contributed by atoms with E-state index in [2.05, 4.69) is 17.4 Å². The Bertz CT molecular complexity index is 317. The van der Waals surface area contributed by atoms with Crippen LogP contribution in [0.1, 0.15) is 18.4 Å². The van der Waals surface area contributed by atoms with E-state index in [-0.39, 0.29) is 0 Å². The Morgan fingerprint density at radius 2 is 2.12 bits per heavy atom. The number of rotatable bonds is 5. The van der Waals surface area contributed by atoms with E-state index in [1.165, 1.54) is 18.4 Å². The Kier molecular flexibility index (Phi) is 4.83. The summed E-state index contributed by atoms with van der Waals surface area (Å²) in [6.45, 7) is 3.82. The van der Waals surface area contributed by atoms with Gasteiger partial charge in [0.25, 0.3) is 0 Å². The van der Waals surface area contributed by atoms with Crippen molar-refractivity contribution in [2.75, 3.05) is 26.8 Å². The molecular formula is C14H21NO2. The summed E-state index contributed by atoms with van der Waals surface area (Å²) >= 11 is 0. The number of methoxy groups -OCH3 is 1. The molecule has 0 spiro atoms. The summed E-state index contributed by atoms with van der Waals surface area (Å²) in [5, 5.41) is 3.40. The van der Waals surface area contributed by atoms with Gasteiger partial charge in [0.05, 0.1) is 20.3 Å². The zero-order chi connectivity index (χ0) is 11.9. The van der Waals surface area contributed by atoms with E-state index in [1.807, 2.05) is 12.1 Å². The molecule has 1 fully saturated rings. The molecule has 0 unspecified atom stereocenters.